The standard InChI is InChI=1S/C20H18ClFN2O4S/c1-11(13-7-9-14(10-8-13)29(3,26)27)23-20(25)17-12(2)28-24-19(17)18-15(21)5-4-6-16(18)22/h4-11H,1-3H3,(H,23,25)/t11-/m1/s1. The van der Waals surface area contributed by atoms with Gasteiger partial charge in [0, 0.05) is 6.26 Å². The molecule has 0 spiro atoms. The molecule has 0 fully saturated rings. The van der Waals surface area contributed by atoms with Crippen LogP contribution < -0.4 is 5.32 Å². The third-order valence-electron chi connectivity index (χ3n) is 4.45. The van der Waals surface area contributed by atoms with E-state index in [0.29, 0.717) is 5.56 Å². The van der Waals surface area contributed by atoms with Crippen LogP contribution in [0, 0.1) is 12.7 Å². The summed E-state index contributed by atoms with van der Waals surface area (Å²) in [6, 6.07) is 9.92. The second-order valence-corrected chi connectivity index (χ2v) is 9.02. The average molecular weight is 437 g/mol. The number of hydrogen-bond acceptors (Lipinski definition) is 5. The van der Waals surface area contributed by atoms with E-state index in [2.05, 4.69) is 10.5 Å². The highest BCUT2D eigenvalue weighted by Gasteiger charge is 2.26. The van der Waals surface area contributed by atoms with Gasteiger partial charge in [-0.3, -0.25) is 4.79 Å². The van der Waals surface area contributed by atoms with Crippen LogP contribution in [-0.4, -0.2) is 25.7 Å². The normalized spacial score (nSPS) is 12.6. The summed E-state index contributed by atoms with van der Waals surface area (Å²) in [6.45, 7) is 3.29. The number of aromatic nitrogens is 1. The molecule has 0 aliphatic rings. The Bertz CT molecular complexity index is 1150. The summed E-state index contributed by atoms with van der Waals surface area (Å²) in [4.78, 5) is 13.1. The first-order valence-corrected chi connectivity index (χ1v) is 10.9. The average Bonchev–Trinajstić information content (AvgIpc) is 3.02. The molecule has 3 aromatic rings. The predicted molar refractivity (Wildman–Crippen MR) is 107 cm³/mol. The summed E-state index contributed by atoms with van der Waals surface area (Å²) < 4.78 is 42.6. The van der Waals surface area contributed by atoms with Crippen molar-refractivity contribution in [2.45, 2.75) is 24.8 Å². The van der Waals surface area contributed by atoms with E-state index in [1.165, 1.54) is 30.3 Å². The largest absolute Gasteiger partial charge is 0.360 e. The van der Waals surface area contributed by atoms with Crippen molar-refractivity contribution in [3.05, 3.63) is 70.2 Å². The van der Waals surface area contributed by atoms with Gasteiger partial charge < -0.3 is 9.84 Å². The molecule has 0 saturated carbocycles. The molecule has 0 unspecified atom stereocenters. The maximum Gasteiger partial charge on any atom is 0.257 e. The van der Waals surface area contributed by atoms with Gasteiger partial charge in [0.1, 0.15) is 22.8 Å². The summed E-state index contributed by atoms with van der Waals surface area (Å²) >= 11 is 6.10. The van der Waals surface area contributed by atoms with E-state index in [9.17, 15) is 17.6 Å². The van der Waals surface area contributed by atoms with Crippen LogP contribution in [0.3, 0.4) is 0 Å². The quantitative estimate of drug-likeness (QED) is 0.642. The van der Waals surface area contributed by atoms with Gasteiger partial charge in [-0.1, -0.05) is 35.0 Å². The summed E-state index contributed by atoms with van der Waals surface area (Å²) in [7, 11) is -3.31. The highest BCUT2D eigenvalue weighted by Crippen LogP contribution is 2.33. The number of halogens is 2. The number of benzene rings is 2. The molecule has 3 rings (SSSR count). The maximum atomic E-state index is 14.3. The van der Waals surface area contributed by atoms with Crippen LogP contribution in [-0.2, 0) is 9.84 Å². The molecular weight excluding hydrogens is 419 g/mol. The van der Waals surface area contributed by atoms with Crippen molar-refractivity contribution in [2.24, 2.45) is 0 Å². The molecule has 2 aromatic carbocycles. The Kier molecular flexibility index (Phi) is 5.77. The fraction of sp³-hybridized carbons (Fsp3) is 0.200. The van der Waals surface area contributed by atoms with Gasteiger partial charge in [0.05, 0.1) is 21.5 Å². The van der Waals surface area contributed by atoms with Gasteiger partial charge in [-0.05, 0) is 43.7 Å². The number of rotatable bonds is 5. The molecule has 9 heteroatoms. The fourth-order valence-electron chi connectivity index (χ4n) is 2.89. The van der Waals surface area contributed by atoms with Crippen molar-refractivity contribution in [3.8, 4) is 11.3 Å². The van der Waals surface area contributed by atoms with E-state index in [-0.39, 0.29) is 32.5 Å². The molecule has 1 atom stereocenters. The second kappa shape index (κ2) is 7.96. The van der Waals surface area contributed by atoms with Crippen LogP contribution in [0.5, 0.6) is 0 Å². The van der Waals surface area contributed by atoms with Crippen LogP contribution in [0.25, 0.3) is 11.3 Å². The summed E-state index contributed by atoms with van der Waals surface area (Å²) in [6.07, 6.45) is 1.12. The highest BCUT2D eigenvalue weighted by atomic mass is 35.5. The Morgan fingerprint density at radius 1 is 1.21 bits per heavy atom. The summed E-state index contributed by atoms with van der Waals surface area (Å²) in [5.41, 5.74) is 0.783. The molecule has 1 amide bonds. The molecule has 1 aromatic heterocycles. The van der Waals surface area contributed by atoms with Crippen LogP contribution in [0.4, 0.5) is 4.39 Å². The van der Waals surface area contributed by atoms with Gasteiger partial charge in [0.2, 0.25) is 0 Å². The topological polar surface area (TPSA) is 89.3 Å². The molecule has 0 aliphatic carbocycles. The molecule has 1 heterocycles. The van der Waals surface area contributed by atoms with Crippen molar-refractivity contribution in [1.29, 1.82) is 0 Å². The first-order valence-electron chi connectivity index (χ1n) is 8.61. The van der Waals surface area contributed by atoms with Gasteiger partial charge in [0.25, 0.3) is 5.91 Å². The van der Waals surface area contributed by atoms with Crippen molar-refractivity contribution in [2.75, 3.05) is 6.26 Å². The summed E-state index contributed by atoms with van der Waals surface area (Å²) in [5, 5.41) is 6.72. The lowest BCUT2D eigenvalue weighted by Gasteiger charge is -2.15. The van der Waals surface area contributed by atoms with Crippen LogP contribution >= 0.6 is 11.6 Å². The van der Waals surface area contributed by atoms with E-state index in [1.54, 1.807) is 26.0 Å². The van der Waals surface area contributed by atoms with E-state index in [4.69, 9.17) is 16.1 Å². The van der Waals surface area contributed by atoms with Gasteiger partial charge in [-0.15, -0.1) is 0 Å². The zero-order valence-electron chi connectivity index (χ0n) is 15.9. The zero-order chi connectivity index (χ0) is 21.3. The number of aryl methyl sites for hydroxylation is 1. The number of amides is 1. The Labute approximate surface area is 172 Å². The molecule has 0 bridgehead atoms. The molecule has 6 nitrogen and oxygen atoms in total. The highest BCUT2D eigenvalue weighted by molar-refractivity contribution is 7.90. The second-order valence-electron chi connectivity index (χ2n) is 6.60. The minimum Gasteiger partial charge on any atom is -0.360 e. The lowest BCUT2D eigenvalue weighted by molar-refractivity contribution is 0.0939. The SMILES string of the molecule is Cc1onc(-c2c(F)cccc2Cl)c1C(=O)N[C@H](C)c1ccc(S(C)(=O)=O)cc1. The smallest absolute Gasteiger partial charge is 0.257 e. The van der Waals surface area contributed by atoms with Crippen LogP contribution in [0.1, 0.15) is 34.6 Å². The van der Waals surface area contributed by atoms with Gasteiger partial charge in [0.15, 0.2) is 9.84 Å². The summed E-state index contributed by atoms with van der Waals surface area (Å²) in [5.74, 6) is -0.918. The van der Waals surface area contributed by atoms with E-state index < -0.39 is 27.6 Å². The van der Waals surface area contributed by atoms with Crippen LogP contribution in [0.2, 0.25) is 5.02 Å². The van der Waals surface area contributed by atoms with Crippen molar-refractivity contribution < 1.29 is 22.1 Å². The lowest BCUT2D eigenvalue weighted by atomic mass is 10.0. The number of hydrogen-bond donors (Lipinski definition) is 1. The third kappa shape index (κ3) is 4.33. The number of sulfone groups is 1. The van der Waals surface area contributed by atoms with E-state index in [1.807, 2.05) is 0 Å². The number of nitrogens with zero attached hydrogens (tertiary/aromatic N) is 1. The van der Waals surface area contributed by atoms with Gasteiger partial charge in [-0.25, -0.2) is 12.8 Å². The number of carbonyl (C=O) groups excluding carboxylic acids is 1. The Hall–Kier alpha value is -2.71. The lowest BCUT2D eigenvalue weighted by Crippen LogP contribution is -2.27. The Balaban J connectivity index is 1.89. The van der Waals surface area contributed by atoms with E-state index >= 15 is 0 Å². The zero-order valence-corrected chi connectivity index (χ0v) is 17.4. The molecule has 0 saturated heterocycles. The van der Waals surface area contributed by atoms with E-state index in [0.717, 1.165) is 6.26 Å². The first kappa shape index (κ1) is 21.0. The Morgan fingerprint density at radius 3 is 2.45 bits per heavy atom. The van der Waals surface area contributed by atoms with Crippen molar-refractivity contribution in [1.82, 2.24) is 10.5 Å². The fourth-order valence-corrected chi connectivity index (χ4v) is 3.77. The molecular formula is C20H18ClFN2O4S. The van der Waals surface area contributed by atoms with Crippen molar-refractivity contribution in [3.63, 3.8) is 0 Å². The first-order chi connectivity index (χ1) is 13.6. The van der Waals surface area contributed by atoms with Gasteiger partial charge >= 0.3 is 0 Å². The maximum absolute atomic E-state index is 14.3. The van der Waals surface area contributed by atoms with Crippen molar-refractivity contribution >= 4 is 27.3 Å². The monoisotopic (exact) mass is 436 g/mol. The number of nitrogens with one attached hydrogen (secondary N) is 1. The molecule has 0 aliphatic heterocycles. The molecule has 152 valence electrons. The molecule has 29 heavy (non-hydrogen) atoms. The third-order valence-corrected chi connectivity index (χ3v) is 5.89. The molecule has 1 N–H and O–H groups in total. The minimum absolute atomic E-state index is 0.0127. The minimum atomic E-state index is -3.31. The molecule has 0 radical (unpaired) electrons. The number of carbonyl (C=O) groups is 1. The predicted octanol–water partition coefficient (Wildman–Crippen LogP) is 4.34. The van der Waals surface area contributed by atoms with Crippen LogP contribution in [0.15, 0.2) is 51.9 Å². The Morgan fingerprint density at radius 2 is 1.86 bits per heavy atom. The van der Waals surface area contributed by atoms with Gasteiger partial charge in [-0.2, -0.15) is 0 Å².